The maximum absolute atomic E-state index is 12.5. The van der Waals surface area contributed by atoms with Crippen molar-refractivity contribution in [3.63, 3.8) is 0 Å². The molecule has 1 N–H and O–H groups in total. The van der Waals surface area contributed by atoms with Crippen molar-refractivity contribution in [3.8, 4) is 22.8 Å². The molecule has 0 saturated heterocycles. The molecule has 1 saturated carbocycles. The van der Waals surface area contributed by atoms with Crippen molar-refractivity contribution in [2.24, 2.45) is 7.05 Å². The predicted octanol–water partition coefficient (Wildman–Crippen LogP) is 3.09. The van der Waals surface area contributed by atoms with E-state index in [2.05, 4.69) is 20.2 Å². The molecular formula is C26H28N6O3. The monoisotopic (exact) mass is 472 g/mol. The topological polar surface area (TPSA) is 108 Å². The van der Waals surface area contributed by atoms with E-state index in [9.17, 15) is 9.90 Å². The van der Waals surface area contributed by atoms with E-state index in [4.69, 9.17) is 4.74 Å². The lowest BCUT2D eigenvalue weighted by Gasteiger charge is -2.32. The number of hydrogen-bond donors (Lipinski definition) is 1. The highest BCUT2D eigenvalue weighted by Gasteiger charge is 2.29. The summed E-state index contributed by atoms with van der Waals surface area (Å²) in [5.41, 5.74) is 2.33. The van der Waals surface area contributed by atoms with Crippen LogP contribution in [0.5, 0.6) is 5.75 Å². The number of hydrogen-bond acceptors (Lipinski definition) is 7. The molecule has 35 heavy (non-hydrogen) atoms. The second-order valence-electron chi connectivity index (χ2n) is 9.38. The average molecular weight is 473 g/mol. The molecule has 1 aliphatic rings. The number of aromatic nitrogens is 6. The standard InChI is InChI=1S/C26H28N6O3/c1-26(34)9-6-21(7-10-26)35-22-15-27-25(28-16-22)19-5-3-4-18(12-19)13-23-24(33)8-11-32(30-23)20-14-29-31(2)17-20/h3-5,8,11-12,14-17,21,34H,6-7,9-10,13H2,1-2H3. The molecule has 9 nitrogen and oxygen atoms in total. The zero-order valence-corrected chi connectivity index (χ0v) is 19.8. The number of benzene rings is 1. The second kappa shape index (κ2) is 9.42. The van der Waals surface area contributed by atoms with Crippen LogP contribution in [0, 0.1) is 0 Å². The van der Waals surface area contributed by atoms with Crippen molar-refractivity contribution >= 4 is 0 Å². The third-order valence-corrected chi connectivity index (χ3v) is 6.33. The van der Waals surface area contributed by atoms with Gasteiger partial charge in [0.15, 0.2) is 11.6 Å². The number of aryl methyl sites for hydroxylation is 1. The molecule has 0 atom stereocenters. The Kier molecular flexibility index (Phi) is 6.17. The fourth-order valence-corrected chi connectivity index (χ4v) is 4.30. The predicted molar refractivity (Wildman–Crippen MR) is 130 cm³/mol. The van der Waals surface area contributed by atoms with Gasteiger partial charge in [-0.05, 0) is 44.2 Å². The minimum absolute atomic E-state index is 0.0714. The zero-order valence-electron chi connectivity index (χ0n) is 19.8. The van der Waals surface area contributed by atoms with Gasteiger partial charge < -0.3 is 9.84 Å². The summed E-state index contributed by atoms with van der Waals surface area (Å²) in [5.74, 6) is 1.21. The van der Waals surface area contributed by atoms with Gasteiger partial charge in [-0.1, -0.05) is 18.2 Å². The van der Waals surface area contributed by atoms with Crippen LogP contribution in [0.3, 0.4) is 0 Å². The number of nitrogens with zero attached hydrogens (tertiary/aromatic N) is 6. The molecule has 0 amide bonds. The smallest absolute Gasteiger partial charge is 0.203 e. The van der Waals surface area contributed by atoms with Crippen LogP contribution in [0.1, 0.15) is 43.9 Å². The second-order valence-corrected chi connectivity index (χ2v) is 9.38. The van der Waals surface area contributed by atoms with Crippen molar-refractivity contribution in [1.29, 1.82) is 0 Å². The average Bonchev–Trinajstić information content (AvgIpc) is 3.29. The minimum atomic E-state index is -0.591. The molecule has 9 heteroatoms. The van der Waals surface area contributed by atoms with Crippen LogP contribution < -0.4 is 10.2 Å². The first-order chi connectivity index (χ1) is 16.8. The summed E-state index contributed by atoms with van der Waals surface area (Å²) < 4.78 is 9.36. The van der Waals surface area contributed by atoms with Crippen LogP contribution in [0.4, 0.5) is 0 Å². The third kappa shape index (κ3) is 5.46. The van der Waals surface area contributed by atoms with Crippen molar-refractivity contribution < 1.29 is 9.84 Å². The Hall–Kier alpha value is -3.85. The van der Waals surface area contributed by atoms with Crippen molar-refractivity contribution in [3.05, 3.63) is 82.8 Å². The number of aliphatic hydroxyl groups is 1. The lowest BCUT2D eigenvalue weighted by atomic mass is 9.85. The van der Waals surface area contributed by atoms with E-state index in [-0.39, 0.29) is 11.5 Å². The first-order valence-corrected chi connectivity index (χ1v) is 11.7. The fourth-order valence-electron chi connectivity index (χ4n) is 4.30. The Morgan fingerprint density at radius 1 is 1.14 bits per heavy atom. The summed E-state index contributed by atoms with van der Waals surface area (Å²) in [6.45, 7) is 1.87. The number of ether oxygens (including phenoxy) is 1. The van der Waals surface area contributed by atoms with E-state index >= 15 is 0 Å². The van der Waals surface area contributed by atoms with E-state index in [0.717, 1.165) is 42.5 Å². The van der Waals surface area contributed by atoms with Gasteiger partial charge in [0, 0.05) is 31.3 Å². The first kappa shape index (κ1) is 22.9. The highest BCUT2D eigenvalue weighted by Crippen LogP contribution is 2.30. The molecule has 0 bridgehead atoms. The molecule has 0 aliphatic heterocycles. The Morgan fingerprint density at radius 2 is 1.91 bits per heavy atom. The highest BCUT2D eigenvalue weighted by molar-refractivity contribution is 5.56. The quantitative estimate of drug-likeness (QED) is 0.459. The summed E-state index contributed by atoms with van der Waals surface area (Å²) >= 11 is 0. The van der Waals surface area contributed by atoms with Gasteiger partial charge in [0.1, 0.15) is 11.4 Å². The maximum Gasteiger partial charge on any atom is 0.203 e. The molecule has 1 fully saturated rings. The normalized spacial score (nSPS) is 20.0. The fraction of sp³-hybridized carbons (Fsp3) is 0.346. The first-order valence-electron chi connectivity index (χ1n) is 11.7. The lowest BCUT2D eigenvalue weighted by molar-refractivity contribution is -0.0109. The molecule has 0 spiro atoms. The van der Waals surface area contributed by atoms with Gasteiger partial charge in [-0.3, -0.25) is 9.48 Å². The van der Waals surface area contributed by atoms with Crippen molar-refractivity contribution in [1.82, 2.24) is 29.5 Å². The Balaban J connectivity index is 1.29. The van der Waals surface area contributed by atoms with Crippen LogP contribution in [-0.4, -0.2) is 46.3 Å². The van der Waals surface area contributed by atoms with Gasteiger partial charge in [0.05, 0.1) is 36.5 Å². The molecule has 1 aromatic carbocycles. The van der Waals surface area contributed by atoms with Gasteiger partial charge in [-0.2, -0.15) is 10.2 Å². The van der Waals surface area contributed by atoms with Gasteiger partial charge >= 0.3 is 0 Å². The Bertz CT molecular complexity index is 1370. The highest BCUT2D eigenvalue weighted by atomic mass is 16.5. The van der Waals surface area contributed by atoms with Gasteiger partial charge in [-0.15, -0.1) is 0 Å². The molecule has 4 aromatic rings. The van der Waals surface area contributed by atoms with E-state index in [0.29, 0.717) is 23.7 Å². The number of rotatable bonds is 6. The summed E-state index contributed by atoms with van der Waals surface area (Å²) in [5, 5.41) is 18.8. The summed E-state index contributed by atoms with van der Waals surface area (Å²) in [7, 11) is 1.83. The molecule has 3 aromatic heterocycles. The molecular weight excluding hydrogens is 444 g/mol. The van der Waals surface area contributed by atoms with E-state index in [1.54, 1.807) is 34.2 Å². The van der Waals surface area contributed by atoms with Crippen LogP contribution in [-0.2, 0) is 13.5 Å². The molecule has 180 valence electrons. The largest absolute Gasteiger partial charge is 0.487 e. The lowest BCUT2D eigenvalue weighted by Crippen LogP contribution is -2.34. The third-order valence-electron chi connectivity index (χ3n) is 6.33. The molecule has 0 unspecified atom stereocenters. The molecule has 5 rings (SSSR count). The van der Waals surface area contributed by atoms with Gasteiger partial charge in [0.2, 0.25) is 5.43 Å². The van der Waals surface area contributed by atoms with E-state index in [1.807, 2.05) is 44.4 Å². The van der Waals surface area contributed by atoms with Crippen LogP contribution >= 0.6 is 0 Å². The minimum Gasteiger partial charge on any atom is -0.487 e. The summed E-state index contributed by atoms with van der Waals surface area (Å²) in [6.07, 6.45) is 12.1. The molecule has 3 heterocycles. The van der Waals surface area contributed by atoms with Crippen molar-refractivity contribution in [2.45, 2.75) is 50.7 Å². The van der Waals surface area contributed by atoms with Crippen molar-refractivity contribution in [2.75, 3.05) is 0 Å². The SMILES string of the molecule is Cn1cc(-n2ccc(=O)c(Cc3cccc(-c4ncc(OC5CCC(C)(O)CC5)cn4)c3)n2)cn1. The van der Waals surface area contributed by atoms with Crippen LogP contribution in [0.2, 0.25) is 0 Å². The van der Waals surface area contributed by atoms with Crippen LogP contribution in [0.15, 0.2) is 66.1 Å². The summed E-state index contributed by atoms with van der Waals surface area (Å²) in [6, 6.07) is 9.32. The van der Waals surface area contributed by atoms with Gasteiger partial charge in [0.25, 0.3) is 0 Å². The van der Waals surface area contributed by atoms with Crippen LogP contribution in [0.25, 0.3) is 17.1 Å². The molecule has 1 aliphatic carbocycles. The zero-order chi connectivity index (χ0) is 24.4. The Morgan fingerprint density at radius 3 is 2.63 bits per heavy atom. The summed E-state index contributed by atoms with van der Waals surface area (Å²) in [4.78, 5) is 21.4. The van der Waals surface area contributed by atoms with E-state index in [1.165, 1.54) is 6.07 Å². The van der Waals surface area contributed by atoms with E-state index < -0.39 is 5.60 Å². The molecule has 0 radical (unpaired) electrons. The van der Waals surface area contributed by atoms with Gasteiger partial charge in [-0.25, -0.2) is 14.6 Å². The Labute approximate surface area is 203 Å². The maximum atomic E-state index is 12.5.